The number of nitrogens with zero attached hydrogens (tertiary/aromatic N) is 4. The van der Waals surface area contributed by atoms with Crippen molar-refractivity contribution in [2.24, 2.45) is 5.10 Å². The number of carbonyl (C=O) groups excluding carboxylic acids is 1. The molecule has 0 spiro atoms. The molecule has 0 atom stereocenters. The van der Waals surface area contributed by atoms with E-state index in [1.165, 1.54) is 48.7 Å². The zero-order chi connectivity index (χ0) is 29.9. The predicted molar refractivity (Wildman–Crippen MR) is 158 cm³/mol. The van der Waals surface area contributed by atoms with E-state index in [0.717, 1.165) is 10.1 Å². The number of hydrogen-bond donors (Lipinski definition) is 1. The SMILES string of the molecule is O=C(COc1c(C=Nn2c(-c3cc4ccccc4o3)nc3ccccc3c2=O)cccc1[N+](=O)[O-])Nc1ccc(F)cc1. The minimum absolute atomic E-state index is 0.114. The first-order valence-corrected chi connectivity index (χ1v) is 12.9. The Hall–Kier alpha value is -6.17. The number of para-hydroxylation sites is 3. The maximum atomic E-state index is 13.6. The van der Waals surface area contributed by atoms with Crippen LogP contribution in [0.5, 0.6) is 5.75 Å². The monoisotopic (exact) mass is 577 g/mol. The summed E-state index contributed by atoms with van der Waals surface area (Å²) < 4.78 is 25.8. The summed E-state index contributed by atoms with van der Waals surface area (Å²) in [4.78, 5) is 41.8. The molecule has 0 saturated carbocycles. The van der Waals surface area contributed by atoms with Gasteiger partial charge in [-0.2, -0.15) is 9.78 Å². The van der Waals surface area contributed by atoms with Crippen LogP contribution in [-0.4, -0.2) is 33.3 Å². The van der Waals surface area contributed by atoms with Crippen molar-refractivity contribution in [3.8, 4) is 17.3 Å². The normalized spacial score (nSPS) is 11.3. The molecule has 0 saturated heterocycles. The average molecular weight is 578 g/mol. The van der Waals surface area contributed by atoms with Crippen LogP contribution in [0.15, 0.2) is 111 Å². The van der Waals surface area contributed by atoms with Gasteiger partial charge in [-0.05, 0) is 54.6 Å². The van der Waals surface area contributed by atoms with Crippen LogP contribution in [-0.2, 0) is 4.79 Å². The van der Waals surface area contributed by atoms with Gasteiger partial charge in [-0.1, -0.05) is 36.4 Å². The Labute approximate surface area is 241 Å². The van der Waals surface area contributed by atoms with Crippen molar-refractivity contribution >= 4 is 45.4 Å². The number of halogens is 1. The van der Waals surface area contributed by atoms with E-state index in [4.69, 9.17) is 9.15 Å². The number of ether oxygens (including phenoxy) is 1. The van der Waals surface area contributed by atoms with Gasteiger partial charge in [-0.15, -0.1) is 0 Å². The van der Waals surface area contributed by atoms with Crippen LogP contribution in [0, 0.1) is 15.9 Å². The molecule has 1 amide bonds. The van der Waals surface area contributed by atoms with Crippen molar-refractivity contribution in [3.63, 3.8) is 0 Å². The van der Waals surface area contributed by atoms with Gasteiger partial charge in [0, 0.05) is 22.7 Å². The van der Waals surface area contributed by atoms with Gasteiger partial charge < -0.3 is 14.5 Å². The Kier molecular flexibility index (Phi) is 7.15. The topological polar surface area (TPSA) is 142 Å². The van der Waals surface area contributed by atoms with E-state index >= 15 is 0 Å². The summed E-state index contributed by atoms with van der Waals surface area (Å²) >= 11 is 0. The Morgan fingerprint density at radius 3 is 2.60 bits per heavy atom. The lowest BCUT2D eigenvalue weighted by molar-refractivity contribution is -0.385. The molecule has 11 nitrogen and oxygen atoms in total. The lowest BCUT2D eigenvalue weighted by Crippen LogP contribution is -2.21. The molecule has 0 radical (unpaired) electrons. The fourth-order valence-electron chi connectivity index (χ4n) is 4.42. The number of nitro groups is 1. The summed E-state index contributed by atoms with van der Waals surface area (Å²) in [6.45, 7) is -0.592. The van der Waals surface area contributed by atoms with Crippen LogP contribution < -0.4 is 15.6 Å². The highest BCUT2D eigenvalue weighted by molar-refractivity contribution is 5.92. The number of benzene rings is 4. The second-order valence-electron chi connectivity index (χ2n) is 9.26. The van der Waals surface area contributed by atoms with E-state index < -0.39 is 34.5 Å². The molecule has 6 aromatic rings. The molecule has 43 heavy (non-hydrogen) atoms. The van der Waals surface area contributed by atoms with Gasteiger partial charge in [0.15, 0.2) is 12.4 Å². The minimum Gasteiger partial charge on any atom is -0.476 e. The van der Waals surface area contributed by atoms with Crippen molar-refractivity contribution < 1.29 is 23.3 Å². The van der Waals surface area contributed by atoms with Gasteiger partial charge in [0.2, 0.25) is 11.6 Å². The van der Waals surface area contributed by atoms with Gasteiger partial charge in [-0.3, -0.25) is 19.7 Å². The molecule has 12 heteroatoms. The lowest BCUT2D eigenvalue weighted by Gasteiger charge is -2.11. The zero-order valence-corrected chi connectivity index (χ0v) is 22.1. The highest BCUT2D eigenvalue weighted by Crippen LogP contribution is 2.31. The molecule has 2 aromatic heterocycles. The summed E-state index contributed by atoms with van der Waals surface area (Å²) in [5.74, 6) is -0.938. The highest BCUT2D eigenvalue weighted by Gasteiger charge is 2.21. The zero-order valence-electron chi connectivity index (χ0n) is 22.1. The first kappa shape index (κ1) is 27.0. The molecule has 0 aliphatic rings. The molecular weight excluding hydrogens is 557 g/mol. The molecule has 0 bridgehead atoms. The number of carbonyl (C=O) groups is 1. The average Bonchev–Trinajstić information content (AvgIpc) is 3.45. The Balaban J connectivity index is 1.38. The summed E-state index contributed by atoms with van der Waals surface area (Å²) in [7, 11) is 0. The van der Waals surface area contributed by atoms with Crippen LogP contribution in [0.25, 0.3) is 33.5 Å². The summed E-state index contributed by atoms with van der Waals surface area (Å²) in [6.07, 6.45) is 1.21. The molecule has 0 fully saturated rings. The highest BCUT2D eigenvalue weighted by atomic mass is 19.1. The summed E-state index contributed by atoms with van der Waals surface area (Å²) in [5.41, 5.74) is 0.550. The van der Waals surface area contributed by atoms with E-state index in [1.807, 2.05) is 18.2 Å². The number of amides is 1. The maximum Gasteiger partial charge on any atom is 0.311 e. The van der Waals surface area contributed by atoms with Gasteiger partial charge in [-0.25, -0.2) is 9.37 Å². The molecule has 1 N–H and O–H groups in total. The number of aromatic nitrogens is 2. The maximum absolute atomic E-state index is 13.6. The van der Waals surface area contributed by atoms with Gasteiger partial charge in [0.25, 0.3) is 11.5 Å². The van der Waals surface area contributed by atoms with Crippen LogP contribution >= 0.6 is 0 Å². The van der Waals surface area contributed by atoms with Crippen molar-refractivity contribution in [1.29, 1.82) is 0 Å². The summed E-state index contributed by atoms with van der Waals surface area (Å²) in [6, 6.07) is 25.0. The van der Waals surface area contributed by atoms with E-state index in [0.29, 0.717) is 22.2 Å². The fourth-order valence-corrected chi connectivity index (χ4v) is 4.42. The number of anilines is 1. The number of nitrogens with one attached hydrogen (secondary N) is 1. The Morgan fingerprint density at radius 2 is 1.81 bits per heavy atom. The van der Waals surface area contributed by atoms with Crippen LogP contribution in [0.2, 0.25) is 0 Å². The van der Waals surface area contributed by atoms with E-state index in [1.54, 1.807) is 36.4 Å². The van der Waals surface area contributed by atoms with Gasteiger partial charge >= 0.3 is 5.69 Å². The van der Waals surface area contributed by atoms with Crippen molar-refractivity contribution in [3.05, 3.63) is 129 Å². The third kappa shape index (κ3) is 5.57. The van der Waals surface area contributed by atoms with Crippen molar-refractivity contribution in [2.75, 3.05) is 11.9 Å². The second kappa shape index (κ2) is 11.4. The first-order chi connectivity index (χ1) is 20.9. The van der Waals surface area contributed by atoms with Crippen molar-refractivity contribution in [2.45, 2.75) is 0 Å². The van der Waals surface area contributed by atoms with E-state index in [2.05, 4.69) is 15.4 Å². The smallest absolute Gasteiger partial charge is 0.311 e. The van der Waals surface area contributed by atoms with Gasteiger partial charge in [0.1, 0.15) is 11.4 Å². The summed E-state index contributed by atoms with van der Waals surface area (Å²) in [5, 5.41) is 19.8. The molecule has 0 aliphatic heterocycles. The molecule has 0 aliphatic carbocycles. The Bertz CT molecular complexity index is 2070. The second-order valence-corrected chi connectivity index (χ2v) is 9.26. The molecular formula is C31H20FN5O6. The number of furan rings is 1. The largest absolute Gasteiger partial charge is 0.476 e. The molecule has 0 unspecified atom stereocenters. The third-order valence-corrected chi connectivity index (χ3v) is 6.41. The lowest BCUT2D eigenvalue weighted by atomic mass is 10.2. The number of rotatable bonds is 8. The minimum atomic E-state index is -0.659. The first-order valence-electron chi connectivity index (χ1n) is 12.9. The number of hydrogen-bond acceptors (Lipinski definition) is 8. The molecule has 6 rings (SSSR count). The fraction of sp³-hybridized carbons (Fsp3) is 0.0323. The van der Waals surface area contributed by atoms with E-state index in [-0.39, 0.29) is 22.9 Å². The van der Waals surface area contributed by atoms with Crippen LogP contribution in [0.4, 0.5) is 15.8 Å². The van der Waals surface area contributed by atoms with Crippen LogP contribution in [0.3, 0.4) is 0 Å². The predicted octanol–water partition coefficient (Wildman–Crippen LogP) is 5.76. The Morgan fingerprint density at radius 1 is 1.05 bits per heavy atom. The van der Waals surface area contributed by atoms with Crippen molar-refractivity contribution in [1.82, 2.24) is 9.66 Å². The van der Waals surface area contributed by atoms with Crippen LogP contribution in [0.1, 0.15) is 5.56 Å². The molecule has 4 aromatic carbocycles. The van der Waals surface area contributed by atoms with Gasteiger partial charge in [0.05, 0.1) is 22.0 Å². The number of nitro benzene ring substituents is 1. The third-order valence-electron chi connectivity index (χ3n) is 6.41. The quantitative estimate of drug-likeness (QED) is 0.138. The molecule has 212 valence electrons. The number of fused-ring (bicyclic) bond motifs is 2. The van der Waals surface area contributed by atoms with E-state index in [9.17, 15) is 24.1 Å². The molecule has 2 heterocycles. The standard InChI is InChI=1S/C31H20FN5O6/c32-21-12-14-22(15-13-21)34-28(38)18-42-29-20(7-5-10-25(29)37(40)41)17-33-36-30(27-16-19-6-1-4-11-26(19)43-27)35-24-9-3-2-8-23(24)31(36)39/h1-17H,18H2,(H,34,38).